The summed E-state index contributed by atoms with van der Waals surface area (Å²) in [4.78, 5) is 14.3. The predicted molar refractivity (Wildman–Crippen MR) is 73.8 cm³/mol. The van der Waals surface area contributed by atoms with Crippen LogP contribution in [0.1, 0.15) is 36.1 Å². The molecule has 0 aromatic carbocycles. The van der Waals surface area contributed by atoms with Crippen molar-refractivity contribution in [2.45, 2.75) is 26.3 Å². The molecular formula is C14H23N3O2. The zero-order valence-corrected chi connectivity index (χ0v) is 11.5. The van der Waals surface area contributed by atoms with Gasteiger partial charge in [0.1, 0.15) is 5.76 Å². The summed E-state index contributed by atoms with van der Waals surface area (Å²) in [6, 6.07) is 3.41. The van der Waals surface area contributed by atoms with Crippen molar-refractivity contribution in [1.82, 2.24) is 10.2 Å². The van der Waals surface area contributed by atoms with E-state index in [9.17, 15) is 4.79 Å². The Morgan fingerprint density at radius 1 is 1.47 bits per heavy atom. The third-order valence-electron chi connectivity index (χ3n) is 3.47. The Morgan fingerprint density at radius 3 is 2.84 bits per heavy atom. The topological polar surface area (TPSA) is 71.5 Å². The molecule has 1 amide bonds. The van der Waals surface area contributed by atoms with Crippen molar-refractivity contribution in [2.24, 2.45) is 11.7 Å². The van der Waals surface area contributed by atoms with E-state index in [0.717, 1.165) is 6.54 Å². The second-order valence-electron chi connectivity index (χ2n) is 5.29. The molecule has 0 aliphatic carbocycles. The normalized spacial score (nSPS) is 17.6. The average molecular weight is 265 g/mol. The van der Waals surface area contributed by atoms with Crippen LogP contribution in [-0.2, 0) is 6.54 Å². The lowest BCUT2D eigenvalue weighted by Gasteiger charge is -2.20. The van der Waals surface area contributed by atoms with Gasteiger partial charge in [0.05, 0.1) is 6.54 Å². The smallest absolute Gasteiger partial charge is 0.287 e. The van der Waals surface area contributed by atoms with Gasteiger partial charge < -0.3 is 20.4 Å². The Hall–Kier alpha value is -1.33. The van der Waals surface area contributed by atoms with Crippen LogP contribution in [0.5, 0.6) is 0 Å². The fourth-order valence-corrected chi connectivity index (χ4v) is 2.43. The monoisotopic (exact) mass is 265 g/mol. The van der Waals surface area contributed by atoms with Gasteiger partial charge in [0.25, 0.3) is 5.91 Å². The van der Waals surface area contributed by atoms with Crippen molar-refractivity contribution >= 4 is 5.91 Å². The van der Waals surface area contributed by atoms with E-state index in [1.165, 1.54) is 25.9 Å². The van der Waals surface area contributed by atoms with Gasteiger partial charge in [-0.3, -0.25) is 4.79 Å². The van der Waals surface area contributed by atoms with E-state index in [4.69, 9.17) is 10.2 Å². The lowest BCUT2D eigenvalue weighted by molar-refractivity contribution is 0.0915. The molecule has 5 nitrogen and oxygen atoms in total. The van der Waals surface area contributed by atoms with Gasteiger partial charge in [0.2, 0.25) is 0 Å². The highest BCUT2D eigenvalue weighted by atomic mass is 16.4. The zero-order chi connectivity index (χ0) is 13.7. The molecule has 5 heteroatoms. The van der Waals surface area contributed by atoms with Gasteiger partial charge in [-0.1, -0.05) is 6.92 Å². The minimum absolute atomic E-state index is 0.159. The maximum Gasteiger partial charge on any atom is 0.287 e. The molecule has 106 valence electrons. The molecule has 1 aliphatic rings. The van der Waals surface area contributed by atoms with Crippen LogP contribution in [0.4, 0.5) is 0 Å². The summed E-state index contributed by atoms with van der Waals surface area (Å²) >= 11 is 0. The highest BCUT2D eigenvalue weighted by Crippen LogP contribution is 2.10. The molecular weight excluding hydrogens is 242 g/mol. The summed E-state index contributed by atoms with van der Waals surface area (Å²) in [5.41, 5.74) is 5.45. The van der Waals surface area contributed by atoms with E-state index in [-0.39, 0.29) is 5.91 Å². The van der Waals surface area contributed by atoms with Gasteiger partial charge in [-0.15, -0.1) is 0 Å². The molecule has 1 unspecified atom stereocenters. The minimum Gasteiger partial charge on any atom is -0.455 e. The molecule has 1 atom stereocenters. The number of carbonyl (C=O) groups is 1. The number of rotatable bonds is 6. The SMILES string of the molecule is CC(CNC(=O)c1ccc(CN)o1)CN1CCCC1. The first-order valence-electron chi connectivity index (χ1n) is 6.98. The molecule has 0 saturated carbocycles. The molecule has 0 spiro atoms. The number of hydrogen-bond acceptors (Lipinski definition) is 4. The molecule has 1 aromatic heterocycles. The first-order chi connectivity index (χ1) is 9.19. The summed E-state index contributed by atoms with van der Waals surface area (Å²) in [6.45, 7) is 6.58. The molecule has 1 fully saturated rings. The number of nitrogens with zero attached hydrogens (tertiary/aromatic N) is 1. The highest BCUT2D eigenvalue weighted by molar-refractivity contribution is 5.91. The van der Waals surface area contributed by atoms with Gasteiger partial charge in [-0.2, -0.15) is 0 Å². The van der Waals surface area contributed by atoms with Gasteiger partial charge in [0.15, 0.2) is 5.76 Å². The predicted octanol–water partition coefficient (Wildman–Crippen LogP) is 1.20. The third kappa shape index (κ3) is 4.08. The first-order valence-corrected chi connectivity index (χ1v) is 6.98. The fraction of sp³-hybridized carbons (Fsp3) is 0.643. The molecule has 1 aromatic rings. The van der Waals surface area contributed by atoms with Crippen molar-refractivity contribution in [3.63, 3.8) is 0 Å². The molecule has 0 bridgehead atoms. The lowest BCUT2D eigenvalue weighted by atomic mass is 10.1. The van der Waals surface area contributed by atoms with Gasteiger partial charge in [0, 0.05) is 13.1 Å². The molecule has 0 radical (unpaired) electrons. The number of nitrogens with one attached hydrogen (secondary N) is 1. The van der Waals surface area contributed by atoms with Crippen LogP contribution in [0.3, 0.4) is 0 Å². The van der Waals surface area contributed by atoms with Crippen LogP contribution in [0.2, 0.25) is 0 Å². The Morgan fingerprint density at radius 2 is 2.21 bits per heavy atom. The number of furan rings is 1. The fourth-order valence-electron chi connectivity index (χ4n) is 2.43. The summed E-state index contributed by atoms with van der Waals surface area (Å²) in [6.07, 6.45) is 2.60. The minimum atomic E-state index is -0.159. The highest BCUT2D eigenvalue weighted by Gasteiger charge is 2.16. The number of likely N-dealkylation sites (tertiary alicyclic amines) is 1. The van der Waals surface area contributed by atoms with Crippen LogP contribution in [0, 0.1) is 5.92 Å². The molecule has 1 saturated heterocycles. The average Bonchev–Trinajstić information content (AvgIpc) is 3.06. The molecule has 1 aliphatic heterocycles. The van der Waals surface area contributed by atoms with E-state index in [1.54, 1.807) is 12.1 Å². The van der Waals surface area contributed by atoms with Gasteiger partial charge in [-0.05, 0) is 44.0 Å². The maximum atomic E-state index is 11.9. The summed E-state index contributed by atoms with van der Waals surface area (Å²) < 4.78 is 5.31. The second kappa shape index (κ2) is 6.73. The summed E-state index contributed by atoms with van der Waals surface area (Å²) in [5, 5.41) is 2.91. The first kappa shape index (κ1) is 14.1. The molecule has 2 heterocycles. The number of carbonyl (C=O) groups excluding carboxylic acids is 1. The summed E-state index contributed by atoms with van der Waals surface area (Å²) in [5.74, 6) is 1.27. The Kier molecular flexibility index (Phi) is 4.99. The standard InChI is InChI=1S/C14H23N3O2/c1-11(10-17-6-2-3-7-17)9-16-14(18)13-5-4-12(8-15)19-13/h4-5,11H,2-3,6-10,15H2,1H3,(H,16,18). The number of amides is 1. The van der Waals surface area contributed by atoms with Crippen LogP contribution in [0.15, 0.2) is 16.5 Å². The van der Waals surface area contributed by atoms with Crippen LogP contribution >= 0.6 is 0 Å². The number of nitrogens with two attached hydrogens (primary N) is 1. The quantitative estimate of drug-likeness (QED) is 0.810. The molecule has 3 N–H and O–H groups in total. The van der Waals surface area contributed by atoms with Crippen LogP contribution in [0.25, 0.3) is 0 Å². The maximum absolute atomic E-state index is 11.9. The zero-order valence-electron chi connectivity index (χ0n) is 11.5. The van der Waals surface area contributed by atoms with E-state index in [0.29, 0.717) is 30.5 Å². The van der Waals surface area contributed by atoms with Gasteiger partial charge >= 0.3 is 0 Å². The summed E-state index contributed by atoms with van der Waals surface area (Å²) in [7, 11) is 0. The van der Waals surface area contributed by atoms with Crippen molar-refractivity contribution in [3.8, 4) is 0 Å². The molecule has 19 heavy (non-hydrogen) atoms. The Bertz CT molecular complexity index is 411. The van der Waals surface area contributed by atoms with Crippen molar-refractivity contribution in [1.29, 1.82) is 0 Å². The van der Waals surface area contributed by atoms with Crippen LogP contribution < -0.4 is 11.1 Å². The van der Waals surface area contributed by atoms with Crippen molar-refractivity contribution < 1.29 is 9.21 Å². The largest absolute Gasteiger partial charge is 0.455 e. The molecule has 2 rings (SSSR count). The van der Waals surface area contributed by atoms with E-state index in [2.05, 4.69) is 17.1 Å². The second-order valence-corrected chi connectivity index (χ2v) is 5.29. The van der Waals surface area contributed by atoms with Crippen molar-refractivity contribution in [3.05, 3.63) is 23.7 Å². The van der Waals surface area contributed by atoms with E-state index < -0.39 is 0 Å². The van der Waals surface area contributed by atoms with Gasteiger partial charge in [-0.25, -0.2) is 0 Å². The number of hydrogen-bond donors (Lipinski definition) is 2. The Labute approximate surface area is 114 Å². The van der Waals surface area contributed by atoms with Crippen LogP contribution in [-0.4, -0.2) is 37.0 Å². The van der Waals surface area contributed by atoms with Crippen molar-refractivity contribution in [2.75, 3.05) is 26.2 Å². The van der Waals surface area contributed by atoms with E-state index >= 15 is 0 Å². The van der Waals surface area contributed by atoms with E-state index in [1.807, 2.05) is 0 Å². The third-order valence-corrected chi connectivity index (χ3v) is 3.47. The Balaban J connectivity index is 1.73. The lowest BCUT2D eigenvalue weighted by Crippen LogP contribution is -2.34.